The maximum atomic E-state index is 9.98. The molecule has 2 aromatic carbocycles. The highest BCUT2D eigenvalue weighted by atomic mass is 32.1. The number of phenols is 1. The van der Waals surface area contributed by atoms with Crippen LogP contribution in [0.25, 0.3) is 16.9 Å². The molecule has 0 atom stereocenters. The SMILES string of the molecule is Cc1ccc(-c2c(S)nnn2-c2ccccc2O)cc1. The number of thiol groups is 1. The van der Waals surface area contributed by atoms with E-state index < -0.39 is 0 Å². The fourth-order valence-electron chi connectivity index (χ4n) is 2.05. The van der Waals surface area contributed by atoms with Gasteiger partial charge in [0.1, 0.15) is 22.2 Å². The summed E-state index contributed by atoms with van der Waals surface area (Å²) >= 11 is 4.36. The first-order valence-electron chi connectivity index (χ1n) is 6.17. The molecule has 0 aliphatic carbocycles. The average Bonchev–Trinajstić information content (AvgIpc) is 2.82. The van der Waals surface area contributed by atoms with Crippen molar-refractivity contribution in [2.75, 3.05) is 0 Å². The fraction of sp³-hybridized carbons (Fsp3) is 0.0667. The van der Waals surface area contributed by atoms with Crippen LogP contribution in [0.3, 0.4) is 0 Å². The van der Waals surface area contributed by atoms with E-state index in [9.17, 15) is 5.11 Å². The van der Waals surface area contributed by atoms with Crippen molar-refractivity contribution in [3.8, 4) is 22.7 Å². The third-order valence-corrected chi connectivity index (χ3v) is 3.39. The Kier molecular flexibility index (Phi) is 3.20. The molecule has 3 aromatic rings. The molecule has 3 rings (SSSR count). The fourth-order valence-corrected chi connectivity index (χ4v) is 2.31. The molecule has 0 radical (unpaired) electrons. The average molecular weight is 283 g/mol. The summed E-state index contributed by atoms with van der Waals surface area (Å²) in [6.45, 7) is 2.03. The van der Waals surface area contributed by atoms with Crippen LogP contribution in [0.5, 0.6) is 5.75 Å². The largest absolute Gasteiger partial charge is 0.506 e. The zero-order valence-corrected chi connectivity index (χ0v) is 11.7. The van der Waals surface area contributed by atoms with E-state index in [4.69, 9.17) is 0 Å². The van der Waals surface area contributed by atoms with E-state index in [2.05, 4.69) is 22.9 Å². The van der Waals surface area contributed by atoms with Gasteiger partial charge in [-0.05, 0) is 19.1 Å². The normalized spacial score (nSPS) is 10.7. The maximum Gasteiger partial charge on any atom is 0.144 e. The summed E-state index contributed by atoms with van der Waals surface area (Å²) in [7, 11) is 0. The summed E-state index contributed by atoms with van der Waals surface area (Å²) in [5, 5.41) is 18.6. The first-order chi connectivity index (χ1) is 9.66. The van der Waals surface area contributed by atoms with Gasteiger partial charge in [0.15, 0.2) is 0 Å². The monoisotopic (exact) mass is 283 g/mol. The minimum absolute atomic E-state index is 0.152. The second-order valence-electron chi connectivity index (χ2n) is 4.53. The lowest BCUT2D eigenvalue weighted by atomic mass is 10.1. The van der Waals surface area contributed by atoms with Crippen LogP contribution in [0.15, 0.2) is 53.6 Å². The summed E-state index contributed by atoms with van der Waals surface area (Å²) in [4.78, 5) is 0. The number of benzene rings is 2. The van der Waals surface area contributed by atoms with Gasteiger partial charge in [0.05, 0.1) is 0 Å². The molecule has 0 aliphatic rings. The third-order valence-electron chi connectivity index (χ3n) is 3.09. The molecule has 0 fully saturated rings. The van der Waals surface area contributed by atoms with E-state index in [0.29, 0.717) is 10.7 Å². The summed E-state index contributed by atoms with van der Waals surface area (Å²) in [6.07, 6.45) is 0. The Bertz CT molecular complexity index is 750. The van der Waals surface area contributed by atoms with Gasteiger partial charge in [-0.3, -0.25) is 0 Å². The summed E-state index contributed by atoms with van der Waals surface area (Å²) in [6, 6.07) is 15.0. The smallest absolute Gasteiger partial charge is 0.144 e. The number of phenolic OH excluding ortho intramolecular Hbond substituents is 1. The van der Waals surface area contributed by atoms with E-state index >= 15 is 0 Å². The molecular weight excluding hydrogens is 270 g/mol. The molecule has 1 aromatic heterocycles. The quantitative estimate of drug-likeness (QED) is 0.710. The third kappa shape index (κ3) is 2.16. The Balaban J connectivity index is 2.20. The molecule has 0 saturated carbocycles. The molecular formula is C15H13N3OS. The molecule has 0 saturated heterocycles. The van der Waals surface area contributed by atoms with Crippen LogP contribution < -0.4 is 0 Å². The number of hydrogen-bond donors (Lipinski definition) is 2. The number of hydrogen-bond acceptors (Lipinski definition) is 4. The van der Waals surface area contributed by atoms with Crippen LogP contribution in [0.4, 0.5) is 0 Å². The maximum absolute atomic E-state index is 9.98. The Morgan fingerprint density at radius 1 is 1.05 bits per heavy atom. The van der Waals surface area contributed by atoms with Crippen molar-refractivity contribution in [1.29, 1.82) is 0 Å². The van der Waals surface area contributed by atoms with E-state index in [1.807, 2.05) is 37.3 Å². The molecule has 4 nitrogen and oxygen atoms in total. The first kappa shape index (κ1) is 12.7. The summed E-state index contributed by atoms with van der Waals surface area (Å²) in [5.74, 6) is 0.152. The van der Waals surface area contributed by atoms with Crippen molar-refractivity contribution >= 4 is 12.6 Å². The van der Waals surface area contributed by atoms with Crippen molar-refractivity contribution in [1.82, 2.24) is 15.0 Å². The van der Waals surface area contributed by atoms with Crippen molar-refractivity contribution in [2.24, 2.45) is 0 Å². The van der Waals surface area contributed by atoms with E-state index in [1.54, 1.807) is 22.9 Å². The highest BCUT2D eigenvalue weighted by Crippen LogP contribution is 2.30. The Hall–Kier alpha value is -2.27. The highest BCUT2D eigenvalue weighted by molar-refractivity contribution is 7.80. The predicted octanol–water partition coefficient (Wildman–Crippen LogP) is 3.24. The van der Waals surface area contributed by atoms with E-state index in [1.165, 1.54) is 5.56 Å². The van der Waals surface area contributed by atoms with Gasteiger partial charge in [0.2, 0.25) is 0 Å². The zero-order chi connectivity index (χ0) is 14.1. The standard InChI is InChI=1S/C15H13N3OS/c1-10-6-8-11(9-7-10)14-15(20)16-17-18(14)12-4-2-3-5-13(12)19/h2-9,19-20H,1H3. The minimum atomic E-state index is 0.152. The number of aryl methyl sites for hydroxylation is 1. The molecule has 0 unspecified atom stereocenters. The topological polar surface area (TPSA) is 50.9 Å². The van der Waals surface area contributed by atoms with Crippen molar-refractivity contribution in [3.63, 3.8) is 0 Å². The molecule has 1 N–H and O–H groups in total. The van der Waals surface area contributed by atoms with E-state index in [0.717, 1.165) is 11.3 Å². The molecule has 100 valence electrons. The lowest BCUT2D eigenvalue weighted by molar-refractivity contribution is 0.470. The van der Waals surface area contributed by atoms with Gasteiger partial charge in [-0.1, -0.05) is 47.2 Å². The lowest BCUT2D eigenvalue weighted by Gasteiger charge is -2.08. The van der Waals surface area contributed by atoms with Crippen LogP contribution in [0.1, 0.15) is 5.56 Å². The number of rotatable bonds is 2. The number of para-hydroxylation sites is 2. The van der Waals surface area contributed by atoms with Crippen molar-refractivity contribution in [2.45, 2.75) is 11.9 Å². The van der Waals surface area contributed by atoms with Gasteiger partial charge >= 0.3 is 0 Å². The molecule has 20 heavy (non-hydrogen) atoms. The number of nitrogens with zero attached hydrogens (tertiary/aromatic N) is 3. The molecule has 0 spiro atoms. The first-order valence-corrected chi connectivity index (χ1v) is 6.61. The molecule has 1 heterocycles. The molecule has 0 aliphatic heterocycles. The number of aromatic hydroxyl groups is 1. The van der Waals surface area contributed by atoms with Gasteiger partial charge in [-0.2, -0.15) is 0 Å². The van der Waals surface area contributed by atoms with Crippen LogP contribution in [0.2, 0.25) is 0 Å². The second kappa shape index (κ2) is 5.02. The van der Waals surface area contributed by atoms with E-state index in [-0.39, 0.29) is 5.75 Å². The molecule has 5 heteroatoms. The van der Waals surface area contributed by atoms with Gasteiger partial charge in [0, 0.05) is 5.56 Å². The zero-order valence-electron chi connectivity index (χ0n) is 10.9. The summed E-state index contributed by atoms with van der Waals surface area (Å²) < 4.78 is 1.60. The van der Waals surface area contributed by atoms with Crippen molar-refractivity contribution in [3.05, 3.63) is 54.1 Å². The summed E-state index contributed by atoms with van der Waals surface area (Å²) in [5.41, 5.74) is 3.47. The minimum Gasteiger partial charge on any atom is -0.506 e. The van der Waals surface area contributed by atoms with Crippen LogP contribution in [-0.4, -0.2) is 20.1 Å². The lowest BCUT2D eigenvalue weighted by Crippen LogP contribution is -1.99. The Morgan fingerprint density at radius 2 is 1.75 bits per heavy atom. The number of aromatic nitrogens is 3. The molecule has 0 bridgehead atoms. The van der Waals surface area contributed by atoms with Crippen LogP contribution in [-0.2, 0) is 0 Å². The Morgan fingerprint density at radius 3 is 2.45 bits per heavy atom. The van der Waals surface area contributed by atoms with Crippen LogP contribution in [0, 0.1) is 6.92 Å². The van der Waals surface area contributed by atoms with Gasteiger partial charge in [-0.15, -0.1) is 17.7 Å². The van der Waals surface area contributed by atoms with Gasteiger partial charge < -0.3 is 5.11 Å². The van der Waals surface area contributed by atoms with Gasteiger partial charge in [-0.25, -0.2) is 4.68 Å². The second-order valence-corrected chi connectivity index (χ2v) is 4.95. The molecule has 0 amide bonds. The highest BCUT2D eigenvalue weighted by Gasteiger charge is 2.15. The Labute approximate surface area is 122 Å². The van der Waals surface area contributed by atoms with Crippen molar-refractivity contribution < 1.29 is 5.11 Å². The predicted molar refractivity (Wildman–Crippen MR) is 80.4 cm³/mol. The van der Waals surface area contributed by atoms with Crippen LogP contribution >= 0.6 is 12.6 Å². The van der Waals surface area contributed by atoms with Gasteiger partial charge in [0.25, 0.3) is 0 Å².